The molecule has 0 aliphatic carbocycles. The lowest BCUT2D eigenvalue weighted by Crippen LogP contribution is -2.41. The number of nitrogens with zero attached hydrogens (tertiary/aromatic N) is 1. The topological polar surface area (TPSA) is 46.3 Å². The van der Waals surface area contributed by atoms with Gasteiger partial charge in [0, 0.05) is 25.0 Å². The number of hydrogen-bond donors (Lipinski definition) is 1. The van der Waals surface area contributed by atoms with Crippen LogP contribution >= 0.6 is 0 Å². The van der Waals surface area contributed by atoms with Crippen molar-refractivity contribution in [3.05, 3.63) is 35.6 Å². The maximum atomic E-state index is 12.9. The molecule has 2 atom stereocenters. The third-order valence-electron chi connectivity index (χ3n) is 3.82. The van der Waals surface area contributed by atoms with Gasteiger partial charge in [-0.15, -0.1) is 0 Å². The van der Waals surface area contributed by atoms with E-state index in [0.717, 1.165) is 31.4 Å². The van der Waals surface area contributed by atoms with Gasteiger partial charge in [0.2, 0.25) is 5.91 Å². The molecule has 1 fully saturated rings. The first kappa shape index (κ1) is 14.0. The Kier molecular flexibility index (Phi) is 4.53. The van der Waals surface area contributed by atoms with Crippen LogP contribution < -0.4 is 5.73 Å². The molecule has 2 unspecified atom stereocenters. The number of amides is 1. The summed E-state index contributed by atoms with van der Waals surface area (Å²) < 4.78 is 12.9. The van der Waals surface area contributed by atoms with Crippen LogP contribution in [-0.2, 0) is 11.2 Å². The largest absolute Gasteiger partial charge is 0.339 e. The first-order valence-corrected chi connectivity index (χ1v) is 6.87. The van der Waals surface area contributed by atoms with Gasteiger partial charge in [0.25, 0.3) is 0 Å². The summed E-state index contributed by atoms with van der Waals surface area (Å²) in [4.78, 5) is 14.2. The first-order chi connectivity index (χ1) is 9.11. The normalized spacial score (nSPS) is 20.6. The summed E-state index contributed by atoms with van der Waals surface area (Å²) in [7, 11) is 0. The number of rotatable bonds is 4. The monoisotopic (exact) mass is 264 g/mol. The van der Waals surface area contributed by atoms with Gasteiger partial charge in [-0.3, -0.25) is 4.79 Å². The molecule has 2 rings (SSSR count). The van der Waals surface area contributed by atoms with E-state index in [1.54, 1.807) is 12.1 Å². The van der Waals surface area contributed by atoms with Crippen LogP contribution in [0, 0.1) is 11.7 Å². The van der Waals surface area contributed by atoms with Gasteiger partial charge >= 0.3 is 0 Å². The number of carbonyl (C=O) groups excluding carboxylic acids is 1. The van der Waals surface area contributed by atoms with Gasteiger partial charge in [0.1, 0.15) is 5.82 Å². The molecule has 1 heterocycles. The zero-order valence-electron chi connectivity index (χ0n) is 11.3. The van der Waals surface area contributed by atoms with E-state index in [0.29, 0.717) is 6.54 Å². The summed E-state index contributed by atoms with van der Waals surface area (Å²) in [5.74, 6) is -0.194. The maximum absolute atomic E-state index is 12.9. The van der Waals surface area contributed by atoms with Gasteiger partial charge in [0.05, 0.1) is 0 Å². The molecule has 0 aromatic heterocycles. The number of likely N-dealkylation sites (tertiary alicyclic amines) is 1. The third-order valence-corrected chi connectivity index (χ3v) is 3.82. The Balaban J connectivity index is 2.02. The second kappa shape index (κ2) is 6.15. The number of carbonyl (C=O) groups is 1. The summed E-state index contributed by atoms with van der Waals surface area (Å²) in [6.45, 7) is 3.07. The summed E-state index contributed by atoms with van der Waals surface area (Å²) in [6.07, 6.45) is 2.85. The van der Waals surface area contributed by atoms with Crippen LogP contribution in [0.3, 0.4) is 0 Å². The van der Waals surface area contributed by atoms with E-state index in [-0.39, 0.29) is 23.7 Å². The SMILES string of the molecule is CC(CN)C(=O)N1CCCC1Cc1ccc(F)cc1. The van der Waals surface area contributed by atoms with Crippen LogP contribution in [0.1, 0.15) is 25.3 Å². The number of benzene rings is 1. The van der Waals surface area contributed by atoms with E-state index in [4.69, 9.17) is 5.73 Å². The van der Waals surface area contributed by atoms with Crippen molar-refractivity contribution in [3.63, 3.8) is 0 Å². The number of halogens is 1. The standard InChI is InChI=1S/C15H21FN2O/c1-11(10-17)15(19)18-8-2-3-14(18)9-12-4-6-13(16)7-5-12/h4-7,11,14H,2-3,8-10,17H2,1H3. The van der Waals surface area contributed by atoms with Crippen LogP contribution in [0.4, 0.5) is 4.39 Å². The van der Waals surface area contributed by atoms with E-state index in [1.165, 1.54) is 12.1 Å². The summed E-state index contributed by atoms with van der Waals surface area (Å²) in [6, 6.07) is 6.76. The van der Waals surface area contributed by atoms with Crippen molar-refractivity contribution in [3.8, 4) is 0 Å². The van der Waals surface area contributed by atoms with Gasteiger partial charge in [-0.1, -0.05) is 19.1 Å². The average Bonchev–Trinajstić information content (AvgIpc) is 2.87. The summed E-state index contributed by atoms with van der Waals surface area (Å²) in [5.41, 5.74) is 6.64. The Morgan fingerprint density at radius 2 is 2.16 bits per heavy atom. The lowest BCUT2D eigenvalue weighted by atomic mass is 10.0. The minimum Gasteiger partial charge on any atom is -0.339 e. The fourth-order valence-corrected chi connectivity index (χ4v) is 2.61. The maximum Gasteiger partial charge on any atom is 0.226 e. The fourth-order valence-electron chi connectivity index (χ4n) is 2.61. The zero-order valence-corrected chi connectivity index (χ0v) is 11.3. The molecule has 2 N–H and O–H groups in total. The molecule has 104 valence electrons. The third kappa shape index (κ3) is 3.32. The molecule has 4 heteroatoms. The van der Waals surface area contributed by atoms with Crippen molar-refractivity contribution in [1.29, 1.82) is 0 Å². The van der Waals surface area contributed by atoms with Gasteiger partial charge in [-0.25, -0.2) is 4.39 Å². The molecule has 1 saturated heterocycles. The van der Waals surface area contributed by atoms with Crippen molar-refractivity contribution in [2.24, 2.45) is 11.7 Å². The lowest BCUT2D eigenvalue weighted by molar-refractivity contribution is -0.135. The highest BCUT2D eigenvalue weighted by atomic mass is 19.1. The van der Waals surface area contributed by atoms with Crippen LogP contribution in [0.2, 0.25) is 0 Å². The molecule has 19 heavy (non-hydrogen) atoms. The molecule has 1 aliphatic heterocycles. The second-order valence-corrected chi connectivity index (χ2v) is 5.30. The lowest BCUT2D eigenvalue weighted by Gasteiger charge is -2.27. The molecule has 0 bridgehead atoms. The van der Waals surface area contributed by atoms with Crippen molar-refractivity contribution in [2.75, 3.05) is 13.1 Å². The van der Waals surface area contributed by atoms with Gasteiger partial charge < -0.3 is 10.6 Å². The first-order valence-electron chi connectivity index (χ1n) is 6.87. The van der Waals surface area contributed by atoms with Gasteiger partial charge in [0.15, 0.2) is 0 Å². The molecular formula is C15H21FN2O. The van der Waals surface area contributed by atoms with Crippen LogP contribution in [-0.4, -0.2) is 29.9 Å². The highest BCUT2D eigenvalue weighted by Crippen LogP contribution is 2.23. The Morgan fingerprint density at radius 3 is 2.79 bits per heavy atom. The molecule has 3 nitrogen and oxygen atoms in total. The highest BCUT2D eigenvalue weighted by Gasteiger charge is 2.30. The Bertz CT molecular complexity index is 432. The van der Waals surface area contributed by atoms with Crippen molar-refractivity contribution < 1.29 is 9.18 Å². The van der Waals surface area contributed by atoms with E-state index in [9.17, 15) is 9.18 Å². The second-order valence-electron chi connectivity index (χ2n) is 5.30. The Labute approximate surface area is 113 Å². The van der Waals surface area contributed by atoms with E-state index in [2.05, 4.69) is 0 Å². The van der Waals surface area contributed by atoms with Crippen molar-refractivity contribution in [1.82, 2.24) is 4.90 Å². The average molecular weight is 264 g/mol. The fraction of sp³-hybridized carbons (Fsp3) is 0.533. The molecule has 0 saturated carbocycles. The van der Waals surface area contributed by atoms with Crippen molar-refractivity contribution >= 4 is 5.91 Å². The summed E-state index contributed by atoms with van der Waals surface area (Å²) in [5, 5.41) is 0. The van der Waals surface area contributed by atoms with Crippen molar-refractivity contribution in [2.45, 2.75) is 32.2 Å². The Morgan fingerprint density at radius 1 is 1.47 bits per heavy atom. The van der Waals surface area contributed by atoms with Crippen LogP contribution in [0.5, 0.6) is 0 Å². The molecule has 1 aromatic carbocycles. The minimum atomic E-state index is -0.222. The highest BCUT2D eigenvalue weighted by molar-refractivity contribution is 5.79. The minimum absolute atomic E-state index is 0.117. The molecular weight excluding hydrogens is 243 g/mol. The zero-order chi connectivity index (χ0) is 13.8. The predicted octanol–water partition coefficient (Wildman–Crippen LogP) is 1.95. The smallest absolute Gasteiger partial charge is 0.226 e. The number of nitrogens with two attached hydrogens (primary N) is 1. The molecule has 1 aliphatic rings. The predicted molar refractivity (Wildman–Crippen MR) is 73.1 cm³/mol. The van der Waals surface area contributed by atoms with E-state index < -0.39 is 0 Å². The number of hydrogen-bond acceptors (Lipinski definition) is 2. The van der Waals surface area contributed by atoms with Gasteiger partial charge in [-0.2, -0.15) is 0 Å². The van der Waals surface area contributed by atoms with E-state index >= 15 is 0 Å². The van der Waals surface area contributed by atoms with Crippen LogP contribution in [0.25, 0.3) is 0 Å². The molecule has 1 aromatic rings. The van der Waals surface area contributed by atoms with E-state index in [1.807, 2.05) is 11.8 Å². The summed E-state index contributed by atoms with van der Waals surface area (Å²) >= 11 is 0. The Hall–Kier alpha value is -1.42. The molecule has 0 radical (unpaired) electrons. The molecule has 1 amide bonds. The van der Waals surface area contributed by atoms with Gasteiger partial charge in [-0.05, 0) is 37.0 Å². The van der Waals surface area contributed by atoms with Crippen LogP contribution in [0.15, 0.2) is 24.3 Å². The molecule has 0 spiro atoms. The quantitative estimate of drug-likeness (QED) is 0.903.